The summed E-state index contributed by atoms with van der Waals surface area (Å²) in [6.07, 6.45) is 7.02. The molecule has 0 bridgehead atoms. The van der Waals surface area contributed by atoms with E-state index in [0.29, 0.717) is 12.5 Å². The van der Waals surface area contributed by atoms with Gasteiger partial charge in [-0.3, -0.25) is 4.79 Å². The number of rotatable bonds is 9. The minimum Gasteiger partial charge on any atom is -0.495 e. The molecular weight excluding hydrogens is 404 g/mol. The van der Waals surface area contributed by atoms with Gasteiger partial charge in [0.25, 0.3) is 5.91 Å². The van der Waals surface area contributed by atoms with Crippen LogP contribution in [0, 0.1) is 11.8 Å². The van der Waals surface area contributed by atoms with Gasteiger partial charge >= 0.3 is 0 Å². The van der Waals surface area contributed by atoms with Gasteiger partial charge in [-0.1, -0.05) is 32.1 Å². The Kier molecular flexibility index (Phi) is 8.70. The summed E-state index contributed by atoms with van der Waals surface area (Å²) in [6, 6.07) is 4.36. The zero-order valence-corrected chi connectivity index (χ0v) is 19.3. The summed E-state index contributed by atoms with van der Waals surface area (Å²) in [5.41, 5.74) is -0.435. The van der Waals surface area contributed by atoms with Crippen molar-refractivity contribution in [2.75, 3.05) is 20.3 Å². The number of carbonyl (C=O) groups is 1. The summed E-state index contributed by atoms with van der Waals surface area (Å²) in [6.45, 7) is 5.62. The second-order valence-electron chi connectivity index (χ2n) is 9.22. The highest BCUT2D eigenvalue weighted by Gasteiger charge is 2.26. The number of amides is 1. The smallest absolute Gasteiger partial charge is 0.251 e. The molecule has 1 amide bonds. The van der Waals surface area contributed by atoms with Crippen molar-refractivity contribution in [2.45, 2.75) is 69.7 Å². The van der Waals surface area contributed by atoms with Gasteiger partial charge in [-0.05, 0) is 57.2 Å². The summed E-state index contributed by atoms with van der Waals surface area (Å²) in [5, 5.41) is 12.6. The Labute approximate surface area is 180 Å². The maximum atomic E-state index is 12.8. The highest BCUT2D eigenvalue weighted by atomic mass is 32.2. The molecule has 170 valence electrons. The number of hydrogen-bond donors (Lipinski definition) is 3. The van der Waals surface area contributed by atoms with Gasteiger partial charge < -0.3 is 15.2 Å². The van der Waals surface area contributed by atoms with Crippen LogP contribution in [-0.2, 0) is 10.0 Å². The van der Waals surface area contributed by atoms with Gasteiger partial charge in [0.2, 0.25) is 10.0 Å². The molecule has 2 rings (SSSR count). The molecule has 1 saturated carbocycles. The molecule has 1 atom stereocenters. The minimum absolute atomic E-state index is 0.000980. The van der Waals surface area contributed by atoms with Gasteiger partial charge in [-0.25, -0.2) is 13.1 Å². The molecule has 1 aliphatic rings. The van der Waals surface area contributed by atoms with Crippen LogP contribution in [0.15, 0.2) is 23.1 Å². The lowest BCUT2D eigenvalue weighted by Crippen LogP contribution is -2.40. The summed E-state index contributed by atoms with van der Waals surface area (Å²) < 4.78 is 33.3. The van der Waals surface area contributed by atoms with Crippen molar-refractivity contribution >= 4 is 15.9 Å². The second kappa shape index (κ2) is 10.6. The van der Waals surface area contributed by atoms with Crippen molar-refractivity contribution in [2.24, 2.45) is 11.8 Å². The van der Waals surface area contributed by atoms with E-state index in [1.807, 2.05) is 0 Å². The van der Waals surface area contributed by atoms with Crippen molar-refractivity contribution in [1.82, 2.24) is 10.0 Å². The largest absolute Gasteiger partial charge is 0.495 e. The topological polar surface area (TPSA) is 105 Å². The number of aliphatic hydroxyl groups is 1. The molecule has 1 aromatic carbocycles. The van der Waals surface area contributed by atoms with Gasteiger partial charge in [0, 0.05) is 24.3 Å². The SMILES string of the molecule is COc1ccc(C(=O)NC[C@H](CO)CC2CCCCC2)cc1S(=O)(=O)NC(C)(C)C. The van der Waals surface area contributed by atoms with E-state index < -0.39 is 15.6 Å². The number of sulfonamides is 1. The lowest BCUT2D eigenvalue weighted by atomic mass is 9.83. The van der Waals surface area contributed by atoms with E-state index in [4.69, 9.17) is 4.74 Å². The van der Waals surface area contributed by atoms with Crippen LogP contribution in [0.2, 0.25) is 0 Å². The van der Waals surface area contributed by atoms with Crippen LogP contribution in [0.5, 0.6) is 5.75 Å². The average Bonchev–Trinajstić information content (AvgIpc) is 2.69. The first-order valence-electron chi connectivity index (χ1n) is 10.7. The molecule has 0 spiro atoms. The molecular formula is C22H36N2O5S. The lowest BCUT2D eigenvalue weighted by Gasteiger charge is -2.25. The number of methoxy groups -OCH3 is 1. The average molecular weight is 441 g/mol. The predicted molar refractivity (Wildman–Crippen MR) is 117 cm³/mol. The van der Waals surface area contributed by atoms with Crippen molar-refractivity contribution in [3.8, 4) is 5.75 Å². The fourth-order valence-electron chi connectivity index (χ4n) is 3.94. The van der Waals surface area contributed by atoms with Crippen LogP contribution in [0.25, 0.3) is 0 Å². The zero-order valence-electron chi connectivity index (χ0n) is 18.5. The van der Waals surface area contributed by atoms with E-state index in [-0.39, 0.29) is 34.6 Å². The molecule has 0 aliphatic heterocycles. The molecule has 1 aromatic rings. The Hall–Kier alpha value is -1.64. The predicted octanol–water partition coefficient (Wildman–Crippen LogP) is 3.08. The van der Waals surface area contributed by atoms with E-state index in [1.165, 1.54) is 51.3 Å². The fraction of sp³-hybridized carbons (Fsp3) is 0.682. The summed E-state index contributed by atoms with van der Waals surface area (Å²) in [4.78, 5) is 12.6. The number of nitrogens with one attached hydrogen (secondary N) is 2. The van der Waals surface area contributed by atoms with Gasteiger partial charge in [-0.15, -0.1) is 0 Å². The quantitative estimate of drug-likeness (QED) is 0.547. The molecule has 8 heteroatoms. The van der Waals surface area contributed by atoms with E-state index in [1.54, 1.807) is 26.8 Å². The van der Waals surface area contributed by atoms with Crippen LogP contribution < -0.4 is 14.8 Å². The first-order valence-corrected chi connectivity index (χ1v) is 12.1. The van der Waals surface area contributed by atoms with Crippen LogP contribution in [0.1, 0.15) is 69.7 Å². The van der Waals surface area contributed by atoms with Crippen LogP contribution in [-0.4, -0.2) is 45.2 Å². The second-order valence-corrected chi connectivity index (χ2v) is 10.9. The van der Waals surface area contributed by atoms with E-state index in [0.717, 1.165) is 6.42 Å². The lowest BCUT2D eigenvalue weighted by molar-refractivity contribution is 0.0932. The Balaban J connectivity index is 2.09. The molecule has 0 unspecified atom stereocenters. The first-order chi connectivity index (χ1) is 14.1. The van der Waals surface area contributed by atoms with Crippen molar-refractivity contribution in [3.63, 3.8) is 0 Å². The molecule has 0 radical (unpaired) electrons. The summed E-state index contributed by atoms with van der Waals surface area (Å²) >= 11 is 0. The van der Waals surface area contributed by atoms with E-state index in [2.05, 4.69) is 10.0 Å². The maximum Gasteiger partial charge on any atom is 0.251 e. The highest BCUT2D eigenvalue weighted by Crippen LogP contribution is 2.29. The fourth-order valence-corrected chi connectivity index (χ4v) is 5.56. The number of aliphatic hydroxyl groups excluding tert-OH is 1. The van der Waals surface area contributed by atoms with Crippen LogP contribution in [0.4, 0.5) is 0 Å². The van der Waals surface area contributed by atoms with Gasteiger partial charge in [-0.2, -0.15) is 0 Å². The van der Waals surface area contributed by atoms with Gasteiger partial charge in [0.05, 0.1) is 7.11 Å². The molecule has 7 nitrogen and oxygen atoms in total. The normalized spacial score (nSPS) is 16.8. The monoisotopic (exact) mass is 440 g/mol. The van der Waals surface area contributed by atoms with E-state index in [9.17, 15) is 18.3 Å². The highest BCUT2D eigenvalue weighted by molar-refractivity contribution is 7.89. The Morgan fingerprint density at radius 3 is 2.47 bits per heavy atom. The Morgan fingerprint density at radius 2 is 1.90 bits per heavy atom. The third-order valence-electron chi connectivity index (χ3n) is 5.36. The summed E-state index contributed by atoms with van der Waals surface area (Å²) in [5.74, 6) is 0.413. The van der Waals surface area contributed by atoms with Gasteiger partial charge in [0.15, 0.2) is 0 Å². The standard InChI is InChI=1S/C22H36N2O5S/c1-22(2,3)24-30(27,28)20-13-18(10-11-19(20)29-4)21(26)23-14-17(15-25)12-16-8-6-5-7-9-16/h10-11,13,16-17,24-25H,5-9,12,14-15H2,1-4H3,(H,23,26)/t17-/m1/s1. The maximum absolute atomic E-state index is 12.8. The molecule has 3 N–H and O–H groups in total. The molecule has 1 aliphatic carbocycles. The number of ether oxygens (including phenoxy) is 1. The number of benzene rings is 1. The molecule has 0 saturated heterocycles. The third-order valence-corrected chi connectivity index (χ3v) is 7.14. The molecule has 0 aromatic heterocycles. The minimum atomic E-state index is -3.87. The Morgan fingerprint density at radius 1 is 1.23 bits per heavy atom. The molecule has 30 heavy (non-hydrogen) atoms. The zero-order chi connectivity index (χ0) is 22.4. The van der Waals surface area contributed by atoms with Gasteiger partial charge in [0.1, 0.15) is 10.6 Å². The van der Waals surface area contributed by atoms with Crippen molar-refractivity contribution in [3.05, 3.63) is 23.8 Å². The third kappa shape index (κ3) is 7.25. The first kappa shape index (κ1) is 24.6. The van der Waals surface area contributed by atoms with E-state index >= 15 is 0 Å². The van der Waals surface area contributed by atoms with Crippen LogP contribution >= 0.6 is 0 Å². The van der Waals surface area contributed by atoms with Crippen molar-refractivity contribution in [1.29, 1.82) is 0 Å². The molecule has 0 heterocycles. The molecule has 1 fully saturated rings. The van der Waals surface area contributed by atoms with Crippen molar-refractivity contribution < 1.29 is 23.1 Å². The number of carbonyl (C=O) groups excluding carboxylic acids is 1. The Bertz CT molecular complexity index is 811. The number of hydrogen-bond acceptors (Lipinski definition) is 5. The summed E-state index contributed by atoms with van der Waals surface area (Å²) in [7, 11) is -2.48. The van der Waals surface area contributed by atoms with Crippen LogP contribution in [0.3, 0.4) is 0 Å².